The van der Waals surface area contributed by atoms with Crippen LogP contribution >= 0.6 is 0 Å². The molecule has 0 aliphatic carbocycles. The van der Waals surface area contributed by atoms with Crippen molar-refractivity contribution in [3.63, 3.8) is 0 Å². The van der Waals surface area contributed by atoms with Crippen LogP contribution in [0.3, 0.4) is 0 Å². The van der Waals surface area contributed by atoms with Crippen molar-refractivity contribution in [2.75, 3.05) is 4.90 Å². The molecule has 0 aliphatic rings. The highest BCUT2D eigenvalue weighted by molar-refractivity contribution is 6.11. The molecule has 1 nitrogen and oxygen atoms in total. The van der Waals surface area contributed by atoms with E-state index < -0.39 is 0 Å². The molecule has 40 heavy (non-hydrogen) atoms. The van der Waals surface area contributed by atoms with Crippen molar-refractivity contribution in [2.24, 2.45) is 0 Å². The molecule has 0 radical (unpaired) electrons. The minimum absolute atomic E-state index is 1.13. The van der Waals surface area contributed by atoms with Crippen molar-refractivity contribution in [1.82, 2.24) is 0 Å². The van der Waals surface area contributed by atoms with Gasteiger partial charge in [0, 0.05) is 16.8 Å². The molecule has 0 unspecified atom stereocenters. The Bertz CT molecular complexity index is 1990. The van der Waals surface area contributed by atoms with Gasteiger partial charge in [-0.25, -0.2) is 0 Å². The van der Waals surface area contributed by atoms with Gasteiger partial charge in [-0.1, -0.05) is 121 Å². The van der Waals surface area contributed by atoms with Crippen molar-refractivity contribution < 1.29 is 0 Å². The first-order valence-corrected chi connectivity index (χ1v) is 13.8. The van der Waals surface area contributed by atoms with Gasteiger partial charge < -0.3 is 4.90 Å². The van der Waals surface area contributed by atoms with Crippen LogP contribution in [0, 0.1) is 0 Å². The normalized spacial score (nSPS) is 11.8. The SMILES string of the molecule is C/C(=C/c1cc2ccccc2c2ccccc12)c1ccc(N(c2ccccc2)c2cccc3ccccc23)cc1. The van der Waals surface area contributed by atoms with Crippen LogP contribution in [-0.2, 0) is 0 Å². The minimum atomic E-state index is 1.13. The zero-order chi connectivity index (χ0) is 26.9. The molecule has 190 valence electrons. The van der Waals surface area contributed by atoms with Gasteiger partial charge in [-0.2, -0.15) is 0 Å². The number of benzene rings is 7. The topological polar surface area (TPSA) is 3.24 Å². The zero-order valence-corrected chi connectivity index (χ0v) is 22.5. The molecule has 0 N–H and O–H groups in total. The lowest BCUT2D eigenvalue weighted by molar-refractivity contribution is 1.29. The van der Waals surface area contributed by atoms with Crippen molar-refractivity contribution >= 4 is 61.0 Å². The molecule has 0 saturated carbocycles. The van der Waals surface area contributed by atoms with Crippen LogP contribution in [0.5, 0.6) is 0 Å². The molecule has 1 heteroatoms. The number of para-hydroxylation sites is 1. The maximum Gasteiger partial charge on any atom is 0.0540 e. The molecule has 0 fully saturated rings. The Morgan fingerprint density at radius 3 is 1.82 bits per heavy atom. The first-order chi connectivity index (χ1) is 19.8. The Morgan fingerprint density at radius 2 is 1.05 bits per heavy atom. The standard InChI is InChI=1S/C39H29N/c1-28(26-32-27-31-13-6-7-17-35(31)38-20-10-9-18-36(32)38)29-22-24-34(25-23-29)40(33-15-3-2-4-16-33)39-21-11-14-30-12-5-8-19-37(30)39/h2-27H,1H3/b28-26-. The summed E-state index contributed by atoms with van der Waals surface area (Å²) in [7, 11) is 0. The van der Waals surface area contributed by atoms with Gasteiger partial charge in [0.15, 0.2) is 0 Å². The summed E-state index contributed by atoms with van der Waals surface area (Å²) in [6.07, 6.45) is 2.32. The lowest BCUT2D eigenvalue weighted by Crippen LogP contribution is -2.10. The fourth-order valence-electron chi connectivity index (χ4n) is 5.80. The number of allylic oxidation sites excluding steroid dienone is 1. The molecule has 0 aromatic heterocycles. The van der Waals surface area contributed by atoms with Crippen molar-refractivity contribution in [3.8, 4) is 0 Å². The predicted octanol–water partition coefficient (Wildman–Crippen LogP) is 11.2. The fraction of sp³-hybridized carbons (Fsp3) is 0.0256. The van der Waals surface area contributed by atoms with E-state index in [1.54, 1.807) is 0 Å². The number of anilines is 3. The smallest absolute Gasteiger partial charge is 0.0540 e. The van der Waals surface area contributed by atoms with E-state index in [1.807, 2.05) is 0 Å². The third kappa shape index (κ3) is 4.32. The monoisotopic (exact) mass is 511 g/mol. The molecule has 0 saturated heterocycles. The van der Waals surface area contributed by atoms with Crippen molar-refractivity contribution in [1.29, 1.82) is 0 Å². The summed E-state index contributed by atoms with van der Waals surface area (Å²) in [5.41, 5.74) is 7.15. The van der Waals surface area contributed by atoms with E-state index in [9.17, 15) is 0 Å². The van der Waals surface area contributed by atoms with E-state index in [4.69, 9.17) is 0 Å². The molecule has 7 aromatic carbocycles. The largest absolute Gasteiger partial charge is 0.310 e. The molecule has 0 bridgehead atoms. The highest BCUT2D eigenvalue weighted by Gasteiger charge is 2.15. The molecular weight excluding hydrogens is 482 g/mol. The molecular formula is C39H29N. The lowest BCUT2D eigenvalue weighted by atomic mass is 9.95. The van der Waals surface area contributed by atoms with Crippen LogP contribution in [0.2, 0.25) is 0 Å². The van der Waals surface area contributed by atoms with Gasteiger partial charge in [0.2, 0.25) is 0 Å². The summed E-state index contributed by atoms with van der Waals surface area (Å²) in [5, 5.41) is 7.61. The van der Waals surface area contributed by atoms with Crippen molar-refractivity contribution in [2.45, 2.75) is 6.92 Å². The first kappa shape index (κ1) is 23.9. The lowest BCUT2D eigenvalue weighted by Gasteiger charge is -2.27. The summed E-state index contributed by atoms with van der Waals surface area (Å²) >= 11 is 0. The average Bonchev–Trinajstić information content (AvgIpc) is 3.02. The van der Waals surface area contributed by atoms with Crippen molar-refractivity contribution in [3.05, 3.63) is 163 Å². The number of hydrogen-bond donors (Lipinski definition) is 0. The van der Waals surface area contributed by atoms with E-state index >= 15 is 0 Å². The molecule has 7 aromatic rings. The molecule has 0 heterocycles. The summed E-state index contributed by atoms with van der Waals surface area (Å²) in [4.78, 5) is 2.35. The molecule has 7 rings (SSSR count). The van der Waals surface area contributed by atoms with Crippen LogP contribution in [0.1, 0.15) is 18.1 Å². The highest BCUT2D eigenvalue weighted by atomic mass is 15.1. The summed E-state index contributed by atoms with van der Waals surface area (Å²) in [6.45, 7) is 2.21. The number of rotatable bonds is 5. The van der Waals surface area contributed by atoms with E-state index in [1.165, 1.54) is 54.7 Å². The zero-order valence-electron chi connectivity index (χ0n) is 22.5. The predicted molar refractivity (Wildman–Crippen MR) is 174 cm³/mol. The van der Waals surface area contributed by atoms with E-state index in [0.717, 1.165) is 11.4 Å². The second-order valence-corrected chi connectivity index (χ2v) is 10.3. The van der Waals surface area contributed by atoms with Gasteiger partial charge in [0.1, 0.15) is 0 Å². The average molecular weight is 512 g/mol. The second-order valence-electron chi connectivity index (χ2n) is 10.3. The second kappa shape index (κ2) is 10.2. The first-order valence-electron chi connectivity index (χ1n) is 13.8. The Hall–Kier alpha value is -5.14. The Kier molecular flexibility index (Phi) is 6.11. The summed E-state index contributed by atoms with van der Waals surface area (Å²) in [6, 6.07) is 54.4. The summed E-state index contributed by atoms with van der Waals surface area (Å²) < 4.78 is 0. The van der Waals surface area contributed by atoms with Crippen LogP contribution in [-0.4, -0.2) is 0 Å². The number of nitrogens with zero attached hydrogens (tertiary/aromatic N) is 1. The third-order valence-electron chi connectivity index (χ3n) is 7.77. The van der Waals surface area contributed by atoms with Gasteiger partial charge in [0.25, 0.3) is 0 Å². The van der Waals surface area contributed by atoms with E-state index in [0.29, 0.717) is 0 Å². The third-order valence-corrected chi connectivity index (χ3v) is 7.77. The molecule has 0 spiro atoms. The van der Waals surface area contributed by atoms with E-state index in [-0.39, 0.29) is 0 Å². The molecule has 0 aliphatic heterocycles. The summed E-state index contributed by atoms with van der Waals surface area (Å²) in [5.74, 6) is 0. The maximum absolute atomic E-state index is 2.35. The minimum Gasteiger partial charge on any atom is -0.310 e. The van der Waals surface area contributed by atoms with Gasteiger partial charge >= 0.3 is 0 Å². The Balaban J connectivity index is 1.31. The molecule has 0 amide bonds. The van der Waals surface area contributed by atoms with Crippen LogP contribution in [0.25, 0.3) is 44.0 Å². The number of fused-ring (bicyclic) bond motifs is 4. The van der Waals surface area contributed by atoms with Crippen LogP contribution in [0.15, 0.2) is 152 Å². The number of hydrogen-bond acceptors (Lipinski definition) is 1. The van der Waals surface area contributed by atoms with Crippen LogP contribution in [0.4, 0.5) is 17.1 Å². The maximum atomic E-state index is 2.35. The molecule has 0 atom stereocenters. The van der Waals surface area contributed by atoms with Gasteiger partial charge in [-0.15, -0.1) is 0 Å². The highest BCUT2D eigenvalue weighted by Crippen LogP contribution is 2.39. The Labute approximate surface area is 235 Å². The van der Waals surface area contributed by atoms with Crippen LogP contribution < -0.4 is 4.90 Å². The fourth-order valence-corrected chi connectivity index (χ4v) is 5.80. The quantitative estimate of drug-likeness (QED) is 0.164. The van der Waals surface area contributed by atoms with Gasteiger partial charge in [-0.05, 0) is 87.0 Å². The van der Waals surface area contributed by atoms with Gasteiger partial charge in [-0.3, -0.25) is 0 Å². The Morgan fingerprint density at radius 1 is 0.475 bits per heavy atom. The van der Waals surface area contributed by atoms with Gasteiger partial charge in [0.05, 0.1) is 5.69 Å². The van der Waals surface area contributed by atoms with E-state index in [2.05, 4.69) is 170 Å².